The van der Waals surface area contributed by atoms with E-state index in [-0.39, 0.29) is 17.6 Å². The monoisotopic (exact) mass is 260 g/mol. The summed E-state index contributed by atoms with van der Waals surface area (Å²) in [5, 5.41) is 13.5. The van der Waals surface area contributed by atoms with Gasteiger partial charge in [0.1, 0.15) is 5.76 Å². The molecule has 0 aliphatic heterocycles. The summed E-state index contributed by atoms with van der Waals surface area (Å²) in [7, 11) is 4.01. The average Bonchev–Trinajstić information content (AvgIpc) is 2.63. The molecule has 1 aromatic carbocycles. The Morgan fingerprint density at radius 2 is 2.05 bits per heavy atom. The van der Waals surface area contributed by atoms with Crippen LogP contribution >= 0.6 is 0 Å². The Hall–Kier alpha value is -1.65. The van der Waals surface area contributed by atoms with Crippen LogP contribution in [0.4, 0.5) is 0 Å². The molecule has 1 aliphatic rings. The minimum Gasteiger partial charge on any atom is -0.507 e. The van der Waals surface area contributed by atoms with Gasteiger partial charge in [0, 0.05) is 18.7 Å². The van der Waals surface area contributed by atoms with Crippen LogP contribution in [-0.4, -0.2) is 43.0 Å². The quantitative estimate of drug-likeness (QED) is 0.847. The number of hydrogen-bond acceptors (Lipinski definition) is 4. The topological polar surface area (TPSA) is 52.6 Å². The van der Waals surface area contributed by atoms with Crippen LogP contribution in [-0.2, 0) is 4.79 Å². The van der Waals surface area contributed by atoms with Gasteiger partial charge in [0.2, 0.25) is 0 Å². The molecule has 0 saturated carbocycles. The number of likely N-dealkylation sites (N-methyl/N-ethyl adjacent to an activating group) is 1. The highest BCUT2D eigenvalue weighted by molar-refractivity contribution is 6.03. The Bertz CT molecular complexity index is 521. The molecule has 4 nitrogen and oxygen atoms in total. The average molecular weight is 260 g/mol. The molecule has 0 heterocycles. The summed E-state index contributed by atoms with van der Waals surface area (Å²) in [6, 6.07) is 7.40. The van der Waals surface area contributed by atoms with Gasteiger partial charge in [-0.2, -0.15) is 0 Å². The summed E-state index contributed by atoms with van der Waals surface area (Å²) in [5.74, 6) is 0.0292. The van der Waals surface area contributed by atoms with Crippen LogP contribution in [0.15, 0.2) is 29.8 Å². The first kappa shape index (κ1) is 13.8. The van der Waals surface area contributed by atoms with Gasteiger partial charge in [-0.25, -0.2) is 0 Å². The first-order chi connectivity index (χ1) is 9.02. The van der Waals surface area contributed by atoms with E-state index in [2.05, 4.69) is 10.2 Å². The van der Waals surface area contributed by atoms with Gasteiger partial charge in [-0.3, -0.25) is 4.79 Å². The first-order valence-electron chi connectivity index (χ1n) is 6.44. The zero-order valence-corrected chi connectivity index (χ0v) is 11.6. The second-order valence-corrected chi connectivity index (χ2v) is 5.10. The molecule has 1 aromatic rings. The van der Waals surface area contributed by atoms with Crippen LogP contribution < -0.4 is 5.32 Å². The molecule has 0 spiro atoms. The summed E-state index contributed by atoms with van der Waals surface area (Å²) < 4.78 is 0. The molecule has 0 bridgehead atoms. The zero-order valence-electron chi connectivity index (χ0n) is 11.6. The molecule has 1 aliphatic carbocycles. The predicted molar refractivity (Wildman–Crippen MR) is 76.0 cm³/mol. The molecule has 1 unspecified atom stereocenters. The van der Waals surface area contributed by atoms with Gasteiger partial charge >= 0.3 is 0 Å². The van der Waals surface area contributed by atoms with Gasteiger partial charge in [-0.1, -0.05) is 24.3 Å². The van der Waals surface area contributed by atoms with E-state index in [0.717, 1.165) is 24.2 Å². The summed E-state index contributed by atoms with van der Waals surface area (Å²) in [4.78, 5) is 13.8. The molecule has 0 saturated heterocycles. The first-order valence-corrected chi connectivity index (χ1v) is 6.44. The van der Waals surface area contributed by atoms with Crippen molar-refractivity contribution < 1.29 is 9.90 Å². The predicted octanol–water partition coefficient (Wildman–Crippen LogP) is 1.75. The van der Waals surface area contributed by atoms with Crippen LogP contribution in [0.2, 0.25) is 0 Å². The summed E-state index contributed by atoms with van der Waals surface area (Å²) >= 11 is 0. The normalized spacial score (nSPS) is 18.0. The van der Waals surface area contributed by atoms with E-state index in [1.54, 1.807) is 0 Å². The second kappa shape index (κ2) is 5.55. The molecular formula is C15H20N2O2. The fourth-order valence-electron chi connectivity index (χ4n) is 2.42. The number of fused-ring (bicyclic) bond motifs is 1. The van der Waals surface area contributed by atoms with Crippen molar-refractivity contribution in [1.82, 2.24) is 10.2 Å². The molecule has 102 valence electrons. The fraction of sp³-hybridized carbons (Fsp3) is 0.400. The number of carbonyl (C=O) groups is 1. The largest absolute Gasteiger partial charge is 0.507 e. The number of nitrogens with zero attached hydrogens (tertiary/aromatic N) is 1. The van der Waals surface area contributed by atoms with E-state index >= 15 is 0 Å². The molecule has 2 N–H and O–H groups in total. The molecule has 4 heteroatoms. The van der Waals surface area contributed by atoms with Crippen molar-refractivity contribution in [3.8, 4) is 0 Å². The van der Waals surface area contributed by atoms with Gasteiger partial charge in [0.15, 0.2) is 5.78 Å². The lowest BCUT2D eigenvalue weighted by Crippen LogP contribution is -2.31. The van der Waals surface area contributed by atoms with Crippen molar-refractivity contribution in [3.63, 3.8) is 0 Å². The zero-order chi connectivity index (χ0) is 14.0. The molecule has 0 aromatic heterocycles. The number of rotatable bonds is 5. The van der Waals surface area contributed by atoms with Crippen molar-refractivity contribution in [1.29, 1.82) is 0 Å². The summed E-state index contributed by atoms with van der Waals surface area (Å²) in [5.41, 5.74) is 2.21. The Morgan fingerprint density at radius 3 is 2.68 bits per heavy atom. The van der Waals surface area contributed by atoms with Gasteiger partial charge in [0.05, 0.1) is 11.6 Å². The third-order valence-corrected chi connectivity index (χ3v) is 3.36. The number of benzene rings is 1. The molecule has 0 fully saturated rings. The minimum absolute atomic E-state index is 0.0870. The maximum Gasteiger partial charge on any atom is 0.161 e. The van der Waals surface area contributed by atoms with Crippen LogP contribution in [0.1, 0.15) is 24.1 Å². The number of nitrogens with one attached hydrogen (secondary N) is 1. The molecule has 0 amide bonds. The number of ketones is 1. The van der Waals surface area contributed by atoms with Gasteiger partial charge in [-0.05, 0) is 26.6 Å². The summed E-state index contributed by atoms with van der Waals surface area (Å²) in [6.45, 7) is 3.14. The van der Waals surface area contributed by atoms with Gasteiger partial charge in [0.25, 0.3) is 0 Å². The Labute approximate surface area is 113 Å². The van der Waals surface area contributed by atoms with Crippen LogP contribution in [0.3, 0.4) is 0 Å². The van der Waals surface area contributed by atoms with Crippen molar-refractivity contribution in [3.05, 3.63) is 41.0 Å². The second-order valence-electron chi connectivity index (χ2n) is 5.10. The van der Waals surface area contributed by atoms with Crippen LogP contribution in [0.25, 0.3) is 5.76 Å². The van der Waals surface area contributed by atoms with E-state index in [1.807, 2.05) is 38.4 Å². The Morgan fingerprint density at radius 1 is 1.37 bits per heavy atom. The number of hydrogen-bond donors (Lipinski definition) is 2. The number of carbonyl (C=O) groups excluding carboxylic acids is 1. The molecule has 1 atom stereocenters. The number of aliphatic hydroxyl groups excluding tert-OH is 1. The van der Waals surface area contributed by atoms with Crippen molar-refractivity contribution >= 4 is 11.5 Å². The van der Waals surface area contributed by atoms with E-state index < -0.39 is 0 Å². The highest BCUT2D eigenvalue weighted by Gasteiger charge is 2.33. The van der Waals surface area contributed by atoms with Crippen molar-refractivity contribution in [2.75, 3.05) is 27.2 Å². The number of aliphatic hydroxyl groups is 1. The van der Waals surface area contributed by atoms with E-state index in [4.69, 9.17) is 0 Å². The third-order valence-electron chi connectivity index (χ3n) is 3.36. The maximum atomic E-state index is 11.8. The summed E-state index contributed by atoms with van der Waals surface area (Å²) in [6.07, 6.45) is 0. The molecule has 2 rings (SSSR count). The van der Waals surface area contributed by atoms with Crippen molar-refractivity contribution in [2.45, 2.75) is 13.0 Å². The lowest BCUT2D eigenvalue weighted by atomic mass is 10.0. The Kier molecular flexibility index (Phi) is 4.02. The maximum absolute atomic E-state index is 11.8. The van der Waals surface area contributed by atoms with Crippen LogP contribution in [0.5, 0.6) is 0 Å². The van der Waals surface area contributed by atoms with E-state index in [9.17, 15) is 9.90 Å². The number of Topliss-reactive ketones (excluding diaryl/α,β-unsaturated/α-hetero) is 1. The fourth-order valence-corrected chi connectivity index (χ4v) is 2.42. The standard InChI is InChI=1S/C15H20N2O2/c1-10(18)13-14(16-8-9-17(2)3)11-6-4-5-7-12(11)15(13)19/h4-7,14,16,19H,8-9H2,1-3H3. The molecular weight excluding hydrogens is 240 g/mol. The lowest BCUT2D eigenvalue weighted by Gasteiger charge is -2.18. The SMILES string of the molecule is CC(=O)C1=C(O)c2ccccc2C1NCCN(C)C. The lowest BCUT2D eigenvalue weighted by molar-refractivity contribution is -0.113. The smallest absolute Gasteiger partial charge is 0.161 e. The third kappa shape index (κ3) is 2.69. The van der Waals surface area contributed by atoms with E-state index in [0.29, 0.717) is 5.57 Å². The highest BCUT2D eigenvalue weighted by atomic mass is 16.3. The Balaban J connectivity index is 2.27. The minimum atomic E-state index is -0.200. The molecule has 19 heavy (non-hydrogen) atoms. The molecule has 0 radical (unpaired) electrons. The van der Waals surface area contributed by atoms with Crippen LogP contribution in [0, 0.1) is 0 Å². The van der Waals surface area contributed by atoms with Crippen molar-refractivity contribution in [2.24, 2.45) is 0 Å². The van der Waals surface area contributed by atoms with Gasteiger partial charge in [-0.15, -0.1) is 0 Å². The van der Waals surface area contributed by atoms with E-state index in [1.165, 1.54) is 6.92 Å². The highest BCUT2D eigenvalue weighted by Crippen LogP contribution is 2.39. The van der Waals surface area contributed by atoms with Gasteiger partial charge < -0.3 is 15.3 Å².